The minimum Gasteiger partial charge on any atom is -0.481 e. The van der Waals surface area contributed by atoms with Crippen LogP contribution in [0.25, 0.3) is 0 Å². The fraction of sp³-hybridized carbons (Fsp3) is 0.611. The second kappa shape index (κ2) is 10.5. The average Bonchev–Trinajstić information content (AvgIpc) is 2.45. The maximum atomic E-state index is 10.7. The van der Waals surface area contributed by atoms with Crippen LogP contribution in [0.15, 0.2) is 24.3 Å². The maximum absolute atomic E-state index is 10.7. The van der Waals surface area contributed by atoms with Gasteiger partial charge in [-0.2, -0.15) is 0 Å². The Morgan fingerprint density at radius 3 is 2.05 bits per heavy atom. The van der Waals surface area contributed by atoms with Crippen molar-refractivity contribution in [2.75, 3.05) is 0 Å². The molecule has 0 spiro atoms. The molecule has 2 heteroatoms. The van der Waals surface area contributed by atoms with Crippen LogP contribution in [0.3, 0.4) is 0 Å². The van der Waals surface area contributed by atoms with Crippen LogP contribution < -0.4 is 0 Å². The highest BCUT2D eigenvalue weighted by molar-refractivity contribution is 5.67. The molecular formula is C18H28O2. The largest absolute Gasteiger partial charge is 0.481 e. The van der Waals surface area contributed by atoms with Crippen molar-refractivity contribution >= 4 is 5.97 Å². The minimum absolute atomic E-state index is 0.230. The lowest BCUT2D eigenvalue weighted by Crippen LogP contribution is -2.00. The van der Waals surface area contributed by atoms with Crippen molar-refractivity contribution in [2.24, 2.45) is 0 Å². The van der Waals surface area contributed by atoms with E-state index < -0.39 is 5.97 Å². The molecule has 0 atom stereocenters. The average molecular weight is 276 g/mol. The van der Waals surface area contributed by atoms with E-state index in [0.29, 0.717) is 6.42 Å². The monoisotopic (exact) mass is 276 g/mol. The summed E-state index contributed by atoms with van der Waals surface area (Å²) in [5, 5.41) is 8.78. The van der Waals surface area contributed by atoms with Gasteiger partial charge in [0, 0.05) is 6.42 Å². The highest BCUT2D eigenvalue weighted by Gasteiger charge is 2.04. The van der Waals surface area contributed by atoms with E-state index in [2.05, 4.69) is 25.1 Å². The topological polar surface area (TPSA) is 37.3 Å². The highest BCUT2D eigenvalue weighted by Crippen LogP contribution is 2.15. The summed E-state index contributed by atoms with van der Waals surface area (Å²) in [6.45, 7) is 2.24. The third-order valence-corrected chi connectivity index (χ3v) is 3.78. The third kappa shape index (κ3) is 7.32. The van der Waals surface area contributed by atoms with Gasteiger partial charge in [0.2, 0.25) is 0 Å². The molecule has 1 rings (SSSR count). The van der Waals surface area contributed by atoms with E-state index >= 15 is 0 Å². The van der Waals surface area contributed by atoms with Gasteiger partial charge in [-0.15, -0.1) is 0 Å². The van der Waals surface area contributed by atoms with Gasteiger partial charge in [-0.3, -0.25) is 4.79 Å². The smallest absolute Gasteiger partial charge is 0.303 e. The first-order valence-corrected chi connectivity index (χ1v) is 8.02. The lowest BCUT2D eigenvalue weighted by atomic mass is 9.97. The molecule has 1 N–H and O–H groups in total. The maximum Gasteiger partial charge on any atom is 0.303 e. The van der Waals surface area contributed by atoms with Crippen molar-refractivity contribution in [3.8, 4) is 0 Å². The minimum atomic E-state index is -0.712. The molecule has 1 aromatic rings. The van der Waals surface area contributed by atoms with Crippen molar-refractivity contribution < 1.29 is 9.90 Å². The molecule has 0 aliphatic carbocycles. The summed E-state index contributed by atoms with van der Waals surface area (Å²) in [7, 11) is 0. The Balaban J connectivity index is 2.26. The van der Waals surface area contributed by atoms with Crippen LogP contribution in [0.2, 0.25) is 0 Å². The molecule has 112 valence electrons. The molecule has 0 aliphatic heterocycles. The van der Waals surface area contributed by atoms with Gasteiger partial charge >= 0.3 is 5.97 Å². The quantitative estimate of drug-likeness (QED) is 0.578. The third-order valence-electron chi connectivity index (χ3n) is 3.78. The molecule has 0 aliphatic rings. The summed E-state index contributed by atoms with van der Waals surface area (Å²) < 4.78 is 0. The fourth-order valence-corrected chi connectivity index (χ4v) is 2.56. The van der Waals surface area contributed by atoms with Gasteiger partial charge < -0.3 is 5.11 Å². The molecule has 0 radical (unpaired) electrons. The Bertz CT molecular complexity index is 385. The van der Waals surface area contributed by atoms with Crippen LogP contribution in [-0.2, 0) is 17.6 Å². The number of benzene rings is 1. The number of carbonyl (C=O) groups is 1. The molecule has 0 saturated carbocycles. The van der Waals surface area contributed by atoms with E-state index in [4.69, 9.17) is 5.11 Å². The Morgan fingerprint density at radius 1 is 0.900 bits per heavy atom. The summed E-state index contributed by atoms with van der Waals surface area (Å²) in [4.78, 5) is 10.7. The van der Waals surface area contributed by atoms with Crippen molar-refractivity contribution in [2.45, 2.75) is 71.1 Å². The van der Waals surface area contributed by atoms with E-state index in [1.54, 1.807) is 0 Å². The van der Waals surface area contributed by atoms with Crippen LogP contribution in [0.5, 0.6) is 0 Å². The Morgan fingerprint density at radius 2 is 1.45 bits per heavy atom. The number of aliphatic carboxylic acids is 1. The predicted octanol–water partition coefficient (Wildman–Crippen LogP) is 5.00. The Labute approximate surface area is 123 Å². The summed E-state index contributed by atoms with van der Waals surface area (Å²) >= 11 is 0. The van der Waals surface area contributed by atoms with Crippen LogP contribution in [-0.4, -0.2) is 11.1 Å². The molecule has 0 bridgehead atoms. The number of aryl methyl sites for hydroxylation is 2. The lowest BCUT2D eigenvalue weighted by molar-refractivity contribution is -0.136. The second-order valence-corrected chi connectivity index (χ2v) is 5.53. The van der Waals surface area contributed by atoms with E-state index in [0.717, 1.165) is 6.42 Å². The number of carboxylic acids is 1. The van der Waals surface area contributed by atoms with Gasteiger partial charge in [0.1, 0.15) is 0 Å². The van der Waals surface area contributed by atoms with E-state index in [-0.39, 0.29) is 6.42 Å². The molecule has 20 heavy (non-hydrogen) atoms. The molecular weight excluding hydrogens is 248 g/mol. The van der Waals surface area contributed by atoms with Crippen LogP contribution in [0, 0.1) is 0 Å². The van der Waals surface area contributed by atoms with E-state index in [1.165, 1.54) is 56.1 Å². The van der Waals surface area contributed by atoms with Crippen LogP contribution in [0.4, 0.5) is 0 Å². The molecule has 0 amide bonds. The lowest BCUT2D eigenvalue weighted by Gasteiger charge is -2.08. The second-order valence-electron chi connectivity index (χ2n) is 5.53. The van der Waals surface area contributed by atoms with Gasteiger partial charge in [-0.05, 0) is 30.4 Å². The molecule has 2 nitrogen and oxygen atoms in total. The van der Waals surface area contributed by atoms with Gasteiger partial charge in [0.25, 0.3) is 0 Å². The summed E-state index contributed by atoms with van der Waals surface area (Å²) in [6.07, 6.45) is 11.2. The first-order valence-electron chi connectivity index (χ1n) is 8.02. The normalized spacial score (nSPS) is 10.7. The zero-order valence-electron chi connectivity index (χ0n) is 12.7. The van der Waals surface area contributed by atoms with Gasteiger partial charge in [0.05, 0.1) is 0 Å². The van der Waals surface area contributed by atoms with Crippen LogP contribution >= 0.6 is 0 Å². The van der Waals surface area contributed by atoms with Crippen molar-refractivity contribution in [1.82, 2.24) is 0 Å². The zero-order valence-corrected chi connectivity index (χ0v) is 12.7. The summed E-state index contributed by atoms with van der Waals surface area (Å²) in [5.41, 5.74) is 2.54. The molecule has 0 aromatic heterocycles. The number of carboxylic acid groups (broad SMARTS) is 1. The molecule has 0 heterocycles. The zero-order chi connectivity index (χ0) is 14.6. The van der Waals surface area contributed by atoms with Gasteiger partial charge in [0.15, 0.2) is 0 Å². The van der Waals surface area contributed by atoms with Gasteiger partial charge in [-0.1, -0.05) is 69.7 Å². The first kappa shape index (κ1) is 16.7. The Hall–Kier alpha value is -1.31. The first-order chi connectivity index (χ1) is 9.74. The fourth-order valence-electron chi connectivity index (χ4n) is 2.56. The van der Waals surface area contributed by atoms with Crippen molar-refractivity contribution in [1.29, 1.82) is 0 Å². The summed E-state index contributed by atoms with van der Waals surface area (Å²) in [5.74, 6) is -0.712. The number of unbranched alkanes of at least 4 members (excludes halogenated alkanes) is 6. The number of hydrogen-bond acceptors (Lipinski definition) is 1. The number of rotatable bonds is 11. The van der Waals surface area contributed by atoms with E-state index in [1.807, 2.05) is 6.07 Å². The van der Waals surface area contributed by atoms with Crippen LogP contribution in [0.1, 0.15) is 69.4 Å². The van der Waals surface area contributed by atoms with Crippen molar-refractivity contribution in [3.63, 3.8) is 0 Å². The molecule has 1 aromatic carbocycles. The van der Waals surface area contributed by atoms with Gasteiger partial charge in [-0.25, -0.2) is 0 Å². The predicted molar refractivity (Wildman–Crippen MR) is 84.1 cm³/mol. The standard InChI is InChI=1S/C18H28O2/c1-2-3-4-5-6-7-8-11-16-12-9-10-13-17(16)14-15-18(19)20/h9-10,12-13H,2-8,11,14-15H2,1H3,(H,19,20). The van der Waals surface area contributed by atoms with E-state index in [9.17, 15) is 4.79 Å². The van der Waals surface area contributed by atoms with Crippen molar-refractivity contribution in [3.05, 3.63) is 35.4 Å². The summed E-state index contributed by atoms with van der Waals surface area (Å²) in [6, 6.07) is 8.28. The Kier molecular flexibility index (Phi) is 8.77. The molecule has 0 fully saturated rings. The number of hydrogen-bond donors (Lipinski definition) is 1. The highest BCUT2D eigenvalue weighted by atomic mass is 16.4. The SMILES string of the molecule is CCCCCCCCCc1ccccc1CCC(=O)O. The molecule has 0 unspecified atom stereocenters. The molecule has 0 saturated heterocycles.